The van der Waals surface area contributed by atoms with Gasteiger partial charge in [0.2, 0.25) is 0 Å². The third kappa shape index (κ3) is 2.83. The number of hydrogen-bond donors (Lipinski definition) is 1. The van der Waals surface area contributed by atoms with Crippen molar-refractivity contribution in [3.63, 3.8) is 0 Å². The van der Waals surface area contributed by atoms with Gasteiger partial charge in [-0.15, -0.1) is 11.3 Å². The van der Waals surface area contributed by atoms with E-state index in [1.165, 1.54) is 11.3 Å². The fourth-order valence-corrected chi connectivity index (χ4v) is 4.14. The van der Waals surface area contributed by atoms with Crippen LogP contribution in [0.5, 0.6) is 0 Å². The molecule has 0 aliphatic carbocycles. The summed E-state index contributed by atoms with van der Waals surface area (Å²) < 4.78 is 11.9. The Balaban J connectivity index is 3.25. The van der Waals surface area contributed by atoms with Crippen molar-refractivity contribution in [3.05, 3.63) is 25.8 Å². The Kier molecular flexibility index (Phi) is 4.92. The molecule has 1 rings (SSSR count). The molecule has 0 radical (unpaired) electrons. The number of thiophene rings is 1. The molecule has 0 spiro atoms. The second-order valence-corrected chi connectivity index (χ2v) is 8.19. The van der Waals surface area contributed by atoms with Gasteiger partial charge in [-0.1, -0.05) is 17.7 Å². The summed E-state index contributed by atoms with van der Waals surface area (Å²) in [5, 5.41) is 6.18. The highest BCUT2D eigenvalue weighted by atomic mass is 79.9. The van der Waals surface area contributed by atoms with Crippen molar-refractivity contribution in [1.29, 1.82) is 0 Å². The standard InChI is InChI=1S/C10H13BrClNOS2/c1-4-6(10(2,3)16(13)14)9-7(12)5-8(11)15-9/h4-5H,13H2,1-3H3. The monoisotopic (exact) mass is 341 g/mol. The average molecular weight is 343 g/mol. The molecule has 2 nitrogen and oxygen atoms in total. The zero-order valence-electron chi connectivity index (χ0n) is 9.21. The molecule has 0 fully saturated rings. The summed E-state index contributed by atoms with van der Waals surface area (Å²) in [7, 11) is 0. The van der Waals surface area contributed by atoms with Gasteiger partial charge in [-0.05, 0) is 42.8 Å². The Morgan fingerprint density at radius 3 is 2.56 bits per heavy atom. The Hall–Kier alpha value is 0.480. The lowest BCUT2D eigenvalue weighted by atomic mass is 10.0. The third-order valence-electron chi connectivity index (χ3n) is 2.34. The average Bonchev–Trinajstić information content (AvgIpc) is 2.46. The van der Waals surface area contributed by atoms with E-state index in [1.54, 1.807) is 0 Å². The van der Waals surface area contributed by atoms with Gasteiger partial charge in [0.25, 0.3) is 0 Å². The van der Waals surface area contributed by atoms with E-state index in [2.05, 4.69) is 15.9 Å². The molecule has 0 amide bonds. The fourth-order valence-electron chi connectivity index (χ4n) is 1.39. The Bertz CT molecular complexity index is 415. The maximum Gasteiger partial charge on any atom is 0.165 e. The molecule has 0 bridgehead atoms. The van der Waals surface area contributed by atoms with Crippen molar-refractivity contribution in [2.75, 3.05) is 0 Å². The van der Waals surface area contributed by atoms with Crippen LogP contribution in [-0.4, -0.2) is 9.30 Å². The predicted octanol–water partition coefficient (Wildman–Crippen LogP) is 3.97. The minimum absolute atomic E-state index is 0.608. The molecule has 6 heteroatoms. The van der Waals surface area contributed by atoms with Crippen molar-refractivity contribution >= 4 is 55.8 Å². The zero-order chi connectivity index (χ0) is 12.5. The molecule has 90 valence electrons. The van der Waals surface area contributed by atoms with Crippen LogP contribution in [0.2, 0.25) is 5.02 Å². The highest BCUT2D eigenvalue weighted by molar-refractivity contribution is 9.11. The molecule has 2 N–H and O–H groups in total. The lowest BCUT2D eigenvalue weighted by Crippen LogP contribution is -2.38. The maximum absolute atomic E-state index is 11.6. The van der Waals surface area contributed by atoms with Gasteiger partial charge in [-0.25, -0.2) is 0 Å². The van der Waals surface area contributed by atoms with Crippen LogP contribution in [0.4, 0.5) is 0 Å². The van der Waals surface area contributed by atoms with Crippen LogP contribution in [0.25, 0.3) is 5.57 Å². The zero-order valence-corrected chi connectivity index (χ0v) is 13.2. The highest BCUT2D eigenvalue weighted by Gasteiger charge is 2.36. The smallest absolute Gasteiger partial charge is 0.165 e. The number of allylic oxidation sites excluding steroid dienone is 1. The molecule has 1 unspecified atom stereocenters. The van der Waals surface area contributed by atoms with Gasteiger partial charge in [0.15, 0.2) is 4.75 Å². The summed E-state index contributed by atoms with van der Waals surface area (Å²) in [5.41, 5.74) is 0.911. The van der Waals surface area contributed by atoms with Crippen LogP contribution in [0.1, 0.15) is 25.6 Å². The van der Waals surface area contributed by atoms with Gasteiger partial charge in [0, 0.05) is 16.9 Å². The summed E-state index contributed by atoms with van der Waals surface area (Å²) in [4.78, 5) is 0.917. The molecule has 1 aromatic heterocycles. The molecular formula is C10H13BrClNOS2. The number of rotatable bonds is 3. The van der Waals surface area contributed by atoms with Gasteiger partial charge in [0.1, 0.15) is 0 Å². The van der Waals surface area contributed by atoms with Crippen molar-refractivity contribution in [2.24, 2.45) is 5.14 Å². The first-order chi connectivity index (χ1) is 7.30. The van der Waals surface area contributed by atoms with Gasteiger partial charge >= 0.3 is 0 Å². The van der Waals surface area contributed by atoms with Gasteiger partial charge in [-0.2, -0.15) is 5.14 Å². The van der Waals surface area contributed by atoms with E-state index in [9.17, 15) is 4.55 Å². The second kappa shape index (κ2) is 5.42. The number of hydrogen-bond acceptors (Lipinski definition) is 3. The molecular weight excluding hydrogens is 330 g/mol. The van der Waals surface area contributed by atoms with Crippen LogP contribution in [0.15, 0.2) is 15.9 Å². The Morgan fingerprint density at radius 2 is 2.25 bits per heavy atom. The summed E-state index contributed by atoms with van der Waals surface area (Å²) in [6.45, 7) is 5.60. The van der Waals surface area contributed by atoms with Crippen molar-refractivity contribution in [2.45, 2.75) is 25.5 Å². The minimum Gasteiger partial charge on any atom is -0.598 e. The summed E-state index contributed by atoms with van der Waals surface area (Å²) >= 11 is 9.59. The van der Waals surface area contributed by atoms with Crippen molar-refractivity contribution in [1.82, 2.24) is 0 Å². The first kappa shape index (κ1) is 14.5. The lowest BCUT2D eigenvalue weighted by molar-refractivity contribution is 0.575. The number of halogens is 2. The normalized spacial score (nSPS) is 15.3. The molecule has 16 heavy (non-hydrogen) atoms. The fraction of sp³-hybridized carbons (Fsp3) is 0.400. The maximum atomic E-state index is 11.6. The van der Waals surface area contributed by atoms with Crippen LogP contribution in [0.3, 0.4) is 0 Å². The van der Waals surface area contributed by atoms with Gasteiger partial charge < -0.3 is 4.55 Å². The van der Waals surface area contributed by atoms with E-state index in [-0.39, 0.29) is 0 Å². The summed E-state index contributed by atoms with van der Waals surface area (Å²) in [6.07, 6.45) is 1.91. The quantitative estimate of drug-likeness (QED) is 0.845. The molecule has 0 saturated carbocycles. The second-order valence-electron chi connectivity index (χ2n) is 3.74. The van der Waals surface area contributed by atoms with Crippen LogP contribution in [0, 0.1) is 0 Å². The predicted molar refractivity (Wildman–Crippen MR) is 77.1 cm³/mol. The molecule has 0 aromatic carbocycles. The molecule has 1 aromatic rings. The van der Waals surface area contributed by atoms with E-state index in [0.29, 0.717) is 5.02 Å². The molecule has 0 aliphatic heterocycles. The lowest BCUT2D eigenvalue weighted by Gasteiger charge is -2.26. The largest absolute Gasteiger partial charge is 0.598 e. The van der Waals surface area contributed by atoms with Crippen LogP contribution >= 0.6 is 38.9 Å². The van der Waals surface area contributed by atoms with Gasteiger partial charge in [-0.3, -0.25) is 0 Å². The van der Waals surface area contributed by atoms with E-state index in [0.717, 1.165) is 14.2 Å². The molecule has 0 saturated heterocycles. The van der Waals surface area contributed by atoms with Crippen LogP contribution in [-0.2, 0) is 11.4 Å². The summed E-state index contributed by atoms with van der Waals surface area (Å²) in [6, 6.07) is 1.83. The Labute approximate surface area is 116 Å². The number of nitrogens with two attached hydrogens (primary N) is 1. The van der Waals surface area contributed by atoms with Crippen molar-refractivity contribution in [3.8, 4) is 0 Å². The molecule has 1 heterocycles. The van der Waals surface area contributed by atoms with E-state index in [4.69, 9.17) is 16.7 Å². The van der Waals surface area contributed by atoms with Crippen LogP contribution < -0.4 is 5.14 Å². The minimum atomic E-state index is -1.44. The van der Waals surface area contributed by atoms with E-state index < -0.39 is 16.1 Å². The topological polar surface area (TPSA) is 49.1 Å². The van der Waals surface area contributed by atoms with Crippen molar-refractivity contribution < 1.29 is 4.55 Å². The van der Waals surface area contributed by atoms with Gasteiger partial charge in [0.05, 0.1) is 13.7 Å². The van der Waals surface area contributed by atoms with E-state index >= 15 is 0 Å². The SMILES string of the molecule is CC=C(c1sc(Br)cc1Cl)C(C)(C)[S+](N)[O-]. The molecule has 1 atom stereocenters. The Morgan fingerprint density at radius 1 is 1.69 bits per heavy atom. The first-order valence-corrected chi connectivity index (χ1v) is 7.79. The molecule has 0 aliphatic rings. The summed E-state index contributed by atoms with van der Waals surface area (Å²) in [5.74, 6) is 0. The third-order valence-corrected chi connectivity index (χ3v) is 5.65. The van der Waals surface area contributed by atoms with E-state index in [1.807, 2.05) is 32.9 Å². The highest BCUT2D eigenvalue weighted by Crippen LogP contribution is 2.42. The first-order valence-electron chi connectivity index (χ1n) is 4.59.